The summed E-state index contributed by atoms with van der Waals surface area (Å²) in [6, 6.07) is 21.6. The third-order valence-corrected chi connectivity index (χ3v) is 6.51. The summed E-state index contributed by atoms with van der Waals surface area (Å²) in [5, 5.41) is -0.265. The zero-order chi connectivity index (χ0) is 22.7. The Hall–Kier alpha value is -2.83. The Balaban J connectivity index is 1.54. The molecule has 3 aromatic carbocycles. The monoisotopic (exact) mass is 507 g/mol. The molecule has 162 valence electrons. The molecule has 0 radical (unpaired) electrons. The SMILES string of the molecule is Cc1ccc(COc2ccc(Br)cc2/C=C2\SC(=O)N(Cc3ccc(C)cc3)C2=O)cc1. The number of hydrogen-bond acceptors (Lipinski definition) is 4. The molecule has 1 aliphatic heterocycles. The topological polar surface area (TPSA) is 46.6 Å². The molecule has 2 amide bonds. The number of halogens is 1. The van der Waals surface area contributed by atoms with Crippen LogP contribution < -0.4 is 4.74 Å². The predicted molar refractivity (Wildman–Crippen MR) is 132 cm³/mol. The maximum Gasteiger partial charge on any atom is 0.293 e. The highest BCUT2D eigenvalue weighted by molar-refractivity contribution is 9.10. The number of aryl methyl sites for hydroxylation is 2. The molecule has 0 unspecified atom stereocenters. The second-order valence-corrected chi connectivity index (χ2v) is 9.62. The van der Waals surface area contributed by atoms with Gasteiger partial charge in [-0.15, -0.1) is 0 Å². The van der Waals surface area contributed by atoms with Crippen molar-refractivity contribution in [3.63, 3.8) is 0 Å². The average Bonchev–Trinajstić information content (AvgIpc) is 3.03. The van der Waals surface area contributed by atoms with Crippen molar-refractivity contribution in [3.05, 3.63) is 104 Å². The first-order valence-corrected chi connectivity index (χ1v) is 11.8. The number of nitrogens with zero attached hydrogens (tertiary/aromatic N) is 1. The summed E-state index contributed by atoms with van der Waals surface area (Å²) >= 11 is 4.44. The lowest BCUT2D eigenvalue weighted by atomic mass is 10.1. The highest BCUT2D eigenvalue weighted by atomic mass is 79.9. The molecule has 0 aliphatic carbocycles. The standard InChI is InChI=1S/C26H22BrNO3S/c1-17-3-7-19(8-4-17)15-28-25(29)24(32-26(28)30)14-21-13-22(27)11-12-23(21)31-16-20-9-5-18(2)6-10-20/h3-14H,15-16H2,1-2H3/b24-14-. The minimum absolute atomic E-state index is 0.261. The van der Waals surface area contributed by atoms with Gasteiger partial charge in [-0.3, -0.25) is 14.5 Å². The van der Waals surface area contributed by atoms with E-state index in [1.165, 1.54) is 10.5 Å². The maximum atomic E-state index is 13.0. The van der Waals surface area contributed by atoms with Crippen molar-refractivity contribution < 1.29 is 14.3 Å². The van der Waals surface area contributed by atoms with Crippen LogP contribution >= 0.6 is 27.7 Å². The summed E-state index contributed by atoms with van der Waals surface area (Å²) in [7, 11) is 0. The van der Waals surface area contributed by atoms with Gasteiger partial charge in [-0.2, -0.15) is 0 Å². The van der Waals surface area contributed by atoms with Gasteiger partial charge in [0.2, 0.25) is 0 Å². The van der Waals surface area contributed by atoms with E-state index in [1.807, 2.05) is 80.6 Å². The summed E-state index contributed by atoms with van der Waals surface area (Å²) in [6.07, 6.45) is 1.73. The molecule has 4 rings (SSSR count). The van der Waals surface area contributed by atoms with Gasteiger partial charge >= 0.3 is 0 Å². The van der Waals surface area contributed by atoms with Gasteiger partial charge in [0, 0.05) is 10.0 Å². The first-order chi connectivity index (χ1) is 15.4. The Morgan fingerprint density at radius 2 is 1.53 bits per heavy atom. The molecule has 3 aromatic rings. The molecule has 0 N–H and O–H groups in total. The van der Waals surface area contributed by atoms with E-state index in [1.54, 1.807) is 6.08 Å². The van der Waals surface area contributed by atoms with E-state index in [-0.39, 0.29) is 17.7 Å². The van der Waals surface area contributed by atoms with Crippen LogP contribution in [0.5, 0.6) is 5.75 Å². The van der Waals surface area contributed by atoms with Gasteiger partial charge in [0.25, 0.3) is 11.1 Å². The van der Waals surface area contributed by atoms with Crippen LogP contribution in [0, 0.1) is 13.8 Å². The Morgan fingerprint density at radius 1 is 0.906 bits per heavy atom. The highest BCUT2D eigenvalue weighted by Gasteiger charge is 2.35. The third-order valence-electron chi connectivity index (χ3n) is 5.11. The molecule has 1 saturated heterocycles. The lowest BCUT2D eigenvalue weighted by Gasteiger charge is -2.13. The summed E-state index contributed by atoms with van der Waals surface area (Å²) in [5.74, 6) is 0.365. The van der Waals surface area contributed by atoms with E-state index in [0.717, 1.165) is 38.5 Å². The minimum atomic E-state index is -0.287. The number of amides is 2. The zero-order valence-electron chi connectivity index (χ0n) is 17.8. The Labute approximate surface area is 200 Å². The second-order valence-electron chi connectivity index (χ2n) is 7.71. The maximum absolute atomic E-state index is 13.0. The summed E-state index contributed by atoms with van der Waals surface area (Å²) in [5.41, 5.74) is 5.05. The van der Waals surface area contributed by atoms with E-state index in [4.69, 9.17) is 4.74 Å². The van der Waals surface area contributed by atoms with Crippen LogP contribution in [-0.4, -0.2) is 16.0 Å². The molecular weight excluding hydrogens is 486 g/mol. The molecular formula is C26H22BrNO3S. The van der Waals surface area contributed by atoms with Crippen LogP contribution in [-0.2, 0) is 17.9 Å². The quantitative estimate of drug-likeness (QED) is 0.341. The van der Waals surface area contributed by atoms with Gasteiger partial charge in [-0.05, 0) is 61.0 Å². The fourth-order valence-electron chi connectivity index (χ4n) is 3.26. The van der Waals surface area contributed by atoms with Crippen molar-refractivity contribution in [3.8, 4) is 5.75 Å². The average molecular weight is 508 g/mol. The Morgan fingerprint density at radius 3 is 2.19 bits per heavy atom. The fourth-order valence-corrected chi connectivity index (χ4v) is 4.47. The largest absolute Gasteiger partial charge is 0.488 e. The zero-order valence-corrected chi connectivity index (χ0v) is 20.2. The van der Waals surface area contributed by atoms with Crippen LogP contribution in [0.4, 0.5) is 4.79 Å². The molecule has 1 fully saturated rings. The molecule has 0 atom stereocenters. The van der Waals surface area contributed by atoms with Crippen LogP contribution in [0.15, 0.2) is 76.1 Å². The molecule has 32 heavy (non-hydrogen) atoms. The number of carbonyl (C=O) groups excluding carboxylic acids is 2. The van der Waals surface area contributed by atoms with Gasteiger partial charge in [-0.25, -0.2) is 0 Å². The number of thioether (sulfide) groups is 1. The van der Waals surface area contributed by atoms with E-state index in [2.05, 4.69) is 15.9 Å². The van der Waals surface area contributed by atoms with Crippen molar-refractivity contribution in [2.45, 2.75) is 27.0 Å². The molecule has 1 heterocycles. The van der Waals surface area contributed by atoms with Gasteiger partial charge in [0.05, 0.1) is 11.4 Å². The van der Waals surface area contributed by atoms with Crippen LogP contribution in [0.1, 0.15) is 27.8 Å². The first kappa shape index (κ1) is 22.4. The predicted octanol–water partition coefficient (Wildman–Crippen LogP) is 6.88. The van der Waals surface area contributed by atoms with Crippen LogP contribution in [0.25, 0.3) is 6.08 Å². The number of hydrogen-bond donors (Lipinski definition) is 0. The normalized spacial score (nSPS) is 15.0. The number of benzene rings is 3. The Kier molecular flexibility index (Phi) is 6.82. The van der Waals surface area contributed by atoms with E-state index in [9.17, 15) is 9.59 Å². The summed E-state index contributed by atoms with van der Waals surface area (Å²) in [6.45, 7) is 4.72. The molecule has 0 spiro atoms. The first-order valence-electron chi connectivity index (χ1n) is 10.2. The Bertz CT molecular complexity index is 1190. The van der Waals surface area contributed by atoms with Crippen molar-refractivity contribution >= 4 is 44.9 Å². The molecule has 6 heteroatoms. The summed E-state index contributed by atoms with van der Waals surface area (Å²) in [4.78, 5) is 27.2. The number of carbonyl (C=O) groups is 2. The summed E-state index contributed by atoms with van der Waals surface area (Å²) < 4.78 is 6.91. The van der Waals surface area contributed by atoms with Crippen molar-refractivity contribution in [1.29, 1.82) is 0 Å². The smallest absolute Gasteiger partial charge is 0.293 e. The van der Waals surface area contributed by atoms with Crippen molar-refractivity contribution in [1.82, 2.24) is 4.90 Å². The van der Waals surface area contributed by atoms with Gasteiger partial charge in [-0.1, -0.05) is 75.6 Å². The van der Waals surface area contributed by atoms with Gasteiger partial charge in [0.15, 0.2) is 0 Å². The van der Waals surface area contributed by atoms with E-state index in [0.29, 0.717) is 17.3 Å². The van der Waals surface area contributed by atoms with E-state index < -0.39 is 0 Å². The molecule has 4 nitrogen and oxygen atoms in total. The molecule has 0 saturated carbocycles. The van der Waals surface area contributed by atoms with Crippen molar-refractivity contribution in [2.75, 3.05) is 0 Å². The number of imide groups is 1. The van der Waals surface area contributed by atoms with Crippen molar-refractivity contribution in [2.24, 2.45) is 0 Å². The molecule has 0 aromatic heterocycles. The second kappa shape index (κ2) is 9.76. The lowest BCUT2D eigenvalue weighted by molar-refractivity contribution is -0.123. The van der Waals surface area contributed by atoms with Crippen LogP contribution in [0.3, 0.4) is 0 Å². The number of rotatable bonds is 6. The van der Waals surface area contributed by atoms with Gasteiger partial charge in [0.1, 0.15) is 12.4 Å². The number of ether oxygens (including phenoxy) is 1. The molecule has 1 aliphatic rings. The lowest BCUT2D eigenvalue weighted by Crippen LogP contribution is -2.27. The van der Waals surface area contributed by atoms with Gasteiger partial charge < -0.3 is 4.74 Å². The minimum Gasteiger partial charge on any atom is -0.488 e. The third kappa shape index (κ3) is 5.31. The van der Waals surface area contributed by atoms with Crippen LogP contribution in [0.2, 0.25) is 0 Å². The highest BCUT2D eigenvalue weighted by Crippen LogP contribution is 2.36. The fraction of sp³-hybridized carbons (Fsp3) is 0.154. The van der Waals surface area contributed by atoms with E-state index >= 15 is 0 Å². The molecule has 0 bridgehead atoms.